The van der Waals surface area contributed by atoms with Crippen molar-refractivity contribution in [3.63, 3.8) is 0 Å². The molecule has 0 saturated carbocycles. The van der Waals surface area contributed by atoms with Gasteiger partial charge in [0.1, 0.15) is 5.84 Å². The van der Waals surface area contributed by atoms with Crippen LogP contribution in [0.5, 0.6) is 0 Å². The Morgan fingerprint density at radius 3 is 2.38 bits per heavy atom. The van der Waals surface area contributed by atoms with Crippen LogP contribution in [0.3, 0.4) is 0 Å². The highest BCUT2D eigenvalue weighted by atomic mass is 14.8. The van der Waals surface area contributed by atoms with E-state index in [9.17, 15) is 0 Å². The molecule has 3 N–H and O–H groups in total. The fourth-order valence-corrected chi connectivity index (χ4v) is 0.316. The van der Waals surface area contributed by atoms with E-state index in [0.29, 0.717) is 18.0 Å². The Kier molecular flexibility index (Phi) is 2.84. The lowest BCUT2D eigenvalue weighted by Crippen LogP contribution is -2.21. The third kappa shape index (κ3) is 1.73. The van der Waals surface area contributed by atoms with E-state index in [-0.39, 0.29) is 0 Å². The van der Waals surface area contributed by atoms with Crippen molar-refractivity contribution >= 4 is 11.5 Å². The van der Waals surface area contributed by atoms with Crippen molar-refractivity contribution in [1.82, 2.24) is 0 Å². The smallest absolute Gasteiger partial charge is 0.139 e. The normalized spacial score (nSPS) is 11.5. The predicted octanol–water partition coefficient (Wildman–Crippen LogP) is 0.403. The molecule has 8 heavy (non-hydrogen) atoms. The number of hydrogen-bond acceptors (Lipinski definition) is 2. The number of nitrogens with zero attached hydrogens (tertiary/aromatic N) is 1. The summed E-state index contributed by atoms with van der Waals surface area (Å²) in [6, 6.07) is 0. The van der Waals surface area contributed by atoms with Crippen LogP contribution in [-0.2, 0) is 0 Å². The molecule has 0 aliphatic heterocycles. The average molecular weight is 113 g/mol. The Morgan fingerprint density at radius 2 is 2.25 bits per heavy atom. The van der Waals surface area contributed by atoms with Crippen LogP contribution in [-0.4, -0.2) is 18.6 Å². The van der Waals surface area contributed by atoms with Gasteiger partial charge in [-0.25, -0.2) is 0 Å². The number of aliphatic imine (C=N–C) groups is 1. The van der Waals surface area contributed by atoms with Crippen molar-refractivity contribution < 1.29 is 0 Å². The molecule has 0 aromatic rings. The van der Waals surface area contributed by atoms with Crippen LogP contribution < -0.4 is 5.73 Å². The Hall–Kier alpha value is -0.860. The molecule has 0 aliphatic rings. The molecule has 0 saturated heterocycles. The summed E-state index contributed by atoms with van der Waals surface area (Å²) in [6.07, 6.45) is 0.656. The monoisotopic (exact) mass is 113 g/mol. The van der Waals surface area contributed by atoms with Gasteiger partial charge in [0, 0.05) is 7.05 Å². The van der Waals surface area contributed by atoms with Crippen LogP contribution >= 0.6 is 0 Å². The topological polar surface area (TPSA) is 62.2 Å². The largest absolute Gasteiger partial charge is 0.383 e. The summed E-state index contributed by atoms with van der Waals surface area (Å²) in [6.45, 7) is 1.88. The van der Waals surface area contributed by atoms with Gasteiger partial charge in [-0.15, -0.1) is 0 Å². The molecule has 3 heteroatoms. The number of nitrogens with two attached hydrogens (primary N) is 1. The molecule has 0 rings (SSSR count). The van der Waals surface area contributed by atoms with Gasteiger partial charge in [-0.05, 0) is 6.42 Å². The van der Waals surface area contributed by atoms with Gasteiger partial charge in [0.25, 0.3) is 0 Å². The van der Waals surface area contributed by atoms with Gasteiger partial charge in [0.2, 0.25) is 0 Å². The molecule has 3 nitrogen and oxygen atoms in total. The summed E-state index contributed by atoms with van der Waals surface area (Å²) >= 11 is 0. The van der Waals surface area contributed by atoms with Crippen LogP contribution in [0.25, 0.3) is 0 Å². The molecule has 0 bridgehead atoms. The predicted molar refractivity (Wildman–Crippen MR) is 35.6 cm³/mol. The standard InChI is InChI=1S/C5H11N3/c1-3-4(6)5(7)8-2/h6H,3H2,1-2H3,(H2,7,8). The Balaban J connectivity index is 3.83. The van der Waals surface area contributed by atoms with Crippen LogP contribution in [0.4, 0.5) is 0 Å². The number of amidine groups is 1. The number of nitrogens with one attached hydrogen (secondary N) is 1. The van der Waals surface area contributed by atoms with Gasteiger partial charge in [-0.2, -0.15) is 0 Å². The Morgan fingerprint density at radius 1 is 1.75 bits per heavy atom. The SMILES string of the molecule is CCC(=N)C(N)=NC. The maximum absolute atomic E-state index is 7.09. The van der Waals surface area contributed by atoms with Crippen LogP contribution in [0, 0.1) is 5.41 Å². The fraction of sp³-hybridized carbons (Fsp3) is 0.600. The van der Waals surface area contributed by atoms with Gasteiger partial charge in [0.15, 0.2) is 0 Å². The molecule has 0 amide bonds. The van der Waals surface area contributed by atoms with Crippen LogP contribution in [0.15, 0.2) is 4.99 Å². The summed E-state index contributed by atoms with van der Waals surface area (Å²) in [5.41, 5.74) is 5.66. The lowest BCUT2D eigenvalue weighted by molar-refractivity contribution is 1.25. The van der Waals surface area contributed by atoms with E-state index in [1.807, 2.05) is 6.92 Å². The molecule has 0 fully saturated rings. The molecular formula is C5H11N3. The summed E-state index contributed by atoms with van der Waals surface area (Å²) in [5, 5.41) is 7.09. The second-order valence-corrected chi connectivity index (χ2v) is 1.44. The molecule has 0 heterocycles. The van der Waals surface area contributed by atoms with Gasteiger partial charge in [-0.1, -0.05) is 6.92 Å². The number of rotatable bonds is 2. The molecular weight excluding hydrogens is 102 g/mol. The van der Waals surface area contributed by atoms with Crippen molar-refractivity contribution in [2.24, 2.45) is 10.7 Å². The second-order valence-electron chi connectivity index (χ2n) is 1.44. The molecule has 0 unspecified atom stereocenters. The van der Waals surface area contributed by atoms with Gasteiger partial charge >= 0.3 is 0 Å². The first kappa shape index (κ1) is 7.14. The Bertz CT molecular complexity index is 115. The lowest BCUT2D eigenvalue weighted by atomic mass is 10.3. The zero-order chi connectivity index (χ0) is 6.57. The van der Waals surface area contributed by atoms with Gasteiger partial charge in [-0.3, -0.25) is 4.99 Å². The van der Waals surface area contributed by atoms with Crippen molar-refractivity contribution in [2.75, 3.05) is 7.05 Å². The summed E-state index contributed by atoms with van der Waals surface area (Å²) in [5.74, 6) is 0.340. The van der Waals surface area contributed by atoms with Crippen LogP contribution in [0.2, 0.25) is 0 Å². The van der Waals surface area contributed by atoms with Crippen molar-refractivity contribution in [1.29, 1.82) is 5.41 Å². The third-order valence-corrected chi connectivity index (χ3v) is 0.904. The minimum atomic E-state index is 0.340. The van der Waals surface area contributed by atoms with Crippen molar-refractivity contribution in [3.05, 3.63) is 0 Å². The third-order valence-electron chi connectivity index (χ3n) is 0.904. The van der Waals surface area contributed by atoms with E-state index >= 15 is 0 Å². The second kappa shape index (κ2) is 3.18. The molecule has 0 aromatic carbocycles. The average Bonchev–Trinajstić information content (AvgIpc) is 1.84. The van der Waals surface area contributed by atoms with Crippen LogP contribution in [0.1, 0.15) is 13.3 Å². The maximum Gasteiger partial charge on any atom is 0.139 e. The van der Waals surface area contributed by atoms with E-state index < -0.39 is 0 Å². The van der Waals surface area contributed by atoms with E-state index in [4.69, 9.17) is 11.1 Å². The quantitative estimate of drug-likeness (QED) is 0.395. The zero-order valence-corrected chi connectivity index (χ0v) is 5.23. The minimum absolute atomic E-state index is 0.340. The lowest BCUT2D eigenvalue weighted by Gasteiger charge is -1.94. The summed E-state index contributed by atoms with van der Waals surface area (Å²) in [7, 11) is 1.58. The van der Waals surface area contributed by atoms with E-state index in [0.717, 1.165) is 0 Å². The van der Waals surface area contributed by atoms with E-state index in [1.54, 1.807) is 7.05 Å². The Labute approximate surface area is 49.1 Å². The molecule has 0 aromatic heterocycles. The van der Waals surface area contributed by atoms with Crippen molar-refractivity contribution in [2.45, 2.75) is 13.3 Å². The molecule has 46 valence electrons. The first-order valence-electron chi connectivity index (χ1n) is 2.52. The van der Waals surface area contributed by atoms with Gasteiger partial charge in [0.05, 0.1) is 5.71 Å². The zero-order valence-electron chi connectivity index (χ0n) is 5.23. The minimum Gasteiger partial charge on any atom is -0.383 e. The first-order valence-corrected chi connectivity index (χ1v) is 2.52. The van der Waals surface area contributed by atoms with Crippen molar-refractivity contribution in [3.8, 4) is 0 Å². The summed E-state index contributed by atoms with van der Waals surface area (Å²) in [4.78, 5) is 3.63. The molecule has 0 atom stereocenters. The number of hydrogen-bond donors (Lipinski definition) is 2. The first-order chi connectivity index (χ1) is 3.72. The maximum atomic E-state index is 7.09. The molecule has 0 spiro atoms. The molecule has 0 aliphatic carbocycles. The highest BCUT2D eigenvalue weighted by Gasteiger charge is 1.94. The van der Waals surface area contributed by atoms with E-state index in [2.05, 4.69) is 4.99 Å². The van der Waals surface area contributed by atoms with Gasteiger partial charge < -0.3 is 11.1 Å². The summed E-state index contributed by atoms with van der Waals surface area (Å²) < 4.78 is 0. The molecule has 0 radical (unpaired) electrons. The van der Waals surface area contributed by atoms with E-state index in [1.165, 1.54) is 0 Å². The fourth-order valence-electron chi connectivity index (χ4n) is 0.316. The highest BCUT2D eigenvalue weighted by molar-refractivity contribution is 6.39. The highest BCUT2D eigenvalue weighted by Crippen LogP contribution is 1.79.